The number of carbonyl (C=O) groups excluding carboxylic acids is 1. The van der Waals surface area contributed by atoms with Gasteiger partial charge in [0.05, 0.1) is 18.4 Å². The normalized spacial score (nSPS) is 15.2. The summed E-state index contributed by atoms with van der Waals surface area (Å²) in [7, 11) is 0. The fourth-order valence-corrected chi connectivity index (χ4v) is 3.33. The lowest BCUT2D eigenvalue weighted by atomic mass is 10.1. The Kier molecular flexibility index (Phi) is 4.62. The lowest BCUT2D eigenvalue weighted by Gasteiger charge is -2.28. The highest BCUT2D eigenvalue weighted by Gasteiger charge is 2.29. The van der Waals surface area contributed by atoms with Crippen molar-refractivity contribution in [1.82, 2.24) is 4.90 Å². The van der Waals surface area contributed by atoms with E-state index in [0.717, 1.165) is 31.4 Å². The van der Waals surface area contributed by atoms with Gasteiger partial charge >= 0.3 is 0 Å². The van der Waals surface area contributed by atoms with Gasteiger partial charge in [0, 0.05) is 10.5 Å². The lowest BCUT2D eigenvalue weighted by Crippen LogP contribution is -2.38. The van der Waals surface area contributed by atoms with Gasteiger partial charge < -0.3 is 9.32 Å². The minimum Gasteiger partial charge on any atom is -0.467 e. The summed E-state index contributed by atoms with van der Waals surface area (Å²) in [5, 5.41) is 0. The van der Waals surface area contributed by atoms with E-state index >= 15 is 0 Å². The molecule has 1 aromatic heterocycles. The summed E-state index contributed by atoms with van der Waals surface area (Å²) in [6.07, 6.45) is 5.72. The minimum absolute atomic E-state index is 0.104. The molecule has 0 N–H and O–H groups in total. The molecule has 0 radical (unpaired) electrons. The smallest absolute Gasteiger partial charge is 0.257 e. The first kappa shape index (κ1) is 15.3. The highest BCUT2D eigenvalue weighted by molar-refractivity contribution is 9.10. The van der Waals surface area contributed by atoms with Gasteiger partial charge in [0.1, 0.15) is 11.6 Å². The van der Waals surface area contributed by atoms with E-state index in [1.165, 1.54) is 6.07 Å². The molecule has 0 atom stereocenters. The monoisotopic (exact) mass is 365 g/mol. The van der Waals surface area contributed by atoms with Gasteiger partial charge in [-0.05, 0) is 43.2 Å². The van der Waals surface area contributed by atoms with Crippen LogP contribution in [0.15, 0.2) is 45.5 Å². The van der Waals surface area contributed by atoms with E-state index in [2.05, 4.69) is 15.9 Å². The van der Waals surface area contributed by atoms with E-state index in [0.29, 0.717) is 11.0 Å². The average Bonchev–Trinajstić information content (AvgIpc) is 3.19. The summed E-state index contributed by atoms with van der Waals surface area (Å²) in [5.74, 6) is -0.0478. The molecule has 1 fully saturated rings. The molecular formula is C17H17BrFNO2. The number of hydrogen-bond donors (Lipinski definition) is 0. The fraction of sp³-hybridized carbons (Fsp3) is 0.353. The van der Waals surface area contributed by atoms with Crippen LogP contribution in [0.2, 0.25) is 0 Å². The SMILES string of the molecule is O=C(c1cc(Br)ccc1F)N(Cc1ccco1)C1CCCC1. The molecule has 1 heterocycles. The van der Waals surface area contributed by atoms with Gasteiger partial charge in [0.25, 0.3) is 5.91 Å². The van der Waals surface area contributed by atoms with Crippen molar-refractivity contribution in [3.05, 3.63) is 58.2 Å². The standard InChI is InChI=1S/C17H17BrFNO2/c18-12-7-8-16(19)15(10-12)17(21)20(13-4-1-2-5-13)11-14-6-3-9-22-14/h3,6-10,13H,1-2,4-5,11H2. The molecule has 1 aromatic carbocycles. The van der Waals surface area contributed by atoms with Crippen molar-refractivity contribution in [2.24, 2.45) is 0 Å². The topological polar surface area (TPSA) is 33.5 Å². The molecule has 116 valence electrons. The number of nitrogens with zero attached hydrogens (tertiary/aromatic N) is 1. The fourth-order valence-electron chi connectivity index (χ4n) is 2.97. The van der Waals surface area contributed by atoms with Crippen LogP contribution >= 0.6 is 15.9 Å². The second kappa shape index (κ2) is 6.65. The van der Waals surface area contributed by atoms with Crippen LogP contribution in [0.1, 0.15) is 41.8 Å². The second-order valence-corrected chi connectivity index (χ2v) is 6.49. The molecule has 5 heteroatoms. The molecule has 1 aliphatic carbocycles. The summed E-state index contributed by atoms with van der Waals surface area (Å²) in [6, 6.07) is 8.24. The molecule has 0 aliphatic heterocycles. The Hall–Kier alpha value is -1.62. The molecule has 1 aliphatic rings. The number of carbonyl (C=O) groups is 1. The lowest BCUT2D eigenvalue weighted by molar-refractivity contribution is 0.0644. The number of amides is 1. The Morgan fingerprint density at radius 1 is 1.32 bits per heavy atom. The molecule has 22 heavy (non-hydrogen) atoms. The van der Waals surface area contributed by atoms with Crippen LogP contribution in [0.5, 0.6) is 0 Å². The molecule has 3 nitrogen and oxygen atoms in total. The van der Waals surface area contributed by atoms with Crippen LogP contribution in [0.3, 0.4) is 0 Å². The van der Waals surface area contributed by atoms with Crippen LogP contribution in [0.4, 0.5) is 4.39 Å². The number of hydrogen-bond acceptors (Lipinski definition) is 2. The summed E-state index contributed by atoms with van der Waals surface area (Å²) in [6.45, 7) is 0.377. The zero-order valence-electron chi connectivity index (χ0n) is 12.1. The van der Waals surface area contributed by atoms with Crippen LogP contribution in [-0.4, -0.2) is 16.8 Å². The number of furan rings is 1. The second-order valence-electron chi connectivity index (χ2n) is 5.57. The molecule has 1 saturated carbocycles. The molecule has 2 aromatic rings. The van der Waals surface area contributed by atoms with Gasteiger partial charge in [-0.2, -0.15) is 0 Å². The van der Waals surface area contributed by atoms with Gasteiger partial charge in [-0.15, -0.1) is 0 Å². The van der Waals surface area contributed by atoms with E-state index in [1.54, 1.807) is 29.4 Å². The minimum atomic E-state index is -0.490. The van der Waals surface area contributed by atoms with Gasteiger partial charge in [0.2, 0.25) is 0 Å². The first-order valence-corrected chi connectivity index (χ1v) is 8.23. The van der Waals surface area contributed by atoms with Crippen molar-refractivity contribution in [1.29, 1.82) is 0 Å². The molecule has 0 spiro atoms. The van der Waals surface area contributed by atoms with E-state index in [4.69, 9.17) is 4.42 Å². The molecule has 0 bridgehead atoms. The predicted molar refractivity (Wildman–Crippen MR) is 84.9 cm³/mol. The third-order valence-electron chi connectivity index (χ3n) is 4.09. The average molecular weight is 366 g/mol. The van der Waals surface area contributed by atoms with Crippen molar-refractivity contribution in [2.45, 2.75) is 38.3 Å². The van der Waals surface area contributed by atoms with Crippen LogP contribution in [0, 0.1) is 5.82 Å². The quantitative estimate of drug-likeness (QED) is 0.781. The molecule has 3 rings (SSSR count). The number of benzene rings is 1. The van der Waals surface area contributed by atoms with Gasteiger partial charge in [-0.3, -0.25) is 4.79 Å². The third-order valence-corrected chi connectivity index (χ3v) is 4.58. The highest BCUT2D eigenvalue weighted by Crippen LogP contribution is 2.28. The van der Waals surface area contributed by atoms with Crippen molar-refractivity contribution in [3.63, 3.8) is 0 Å². The molecule has 1 amide bonds. The largest absolute Gasteiger partial charge is 0.467 e. The summed E-state index contributed by atoms with van der Waals surface area (Å²) < 4.78 is 20.1. The number of halogens is 2. The molecule has 0 saturated heterocycles. The van der Waals surface area contributed by atoms with Crippen LogP contribution < -0.4 is 0 Å². The van der Waals surface area contributed by atoms with E-state index in [-0.39, 0.29) is 17.5 Å². The number of rotatable bonds is 4. The Labute approximate surface area is 137 Å². The Morgan fingerprint density at radius 3 is 2.77 bits per heavy atom. The van der Waals surface area contributed by atoms with Gasteiger partial charge in [0.15, 0.2) is 0 Å². The maximum absolute atomic E-state index is 14.1. The first-order chi connectivity index (χ1) is 10.6. The Morgan fingerprint density at radius 2 is 2.09 bits per heavy atom. The third kappa shape index (κ3) is 3.24. The van der Waals surface area contributed by atoms with Crippen molar-refractivity contribution in [3.8, 4) is 0 Å². The van der Waals surface area contributed by atoms with E-state index < -0.39 is 5.82 Å². The van der Waals surface area contributed by atoms with Crippen LogP contribution in [-0.2, 0) is 6.54 Å². The molecular weight excluding hydrogens is 349 g/mol. The van der Waals surface area contributed by atoms with Crippen LogP contribution in [0.25, 0.3) is 0 Å². The Bertz CT molecular complexity index is 651. The zero-order chi connectivity index (χ0) is 15.5. The predicted octanol–water partition coefficient (Wildman–Crippen LogP) is 4.77. The maximum Gasteiger partial charge on any atom is 0.257 e. The summed E-state index contributed by atoms with van der Waals surface area (Å²) >= 11 is 3.30. The highest BCUT2D eigenvalue weighted by atomic mass is 79.9. The zero-order valence-corrected chi connectivity index (χ0v) is 13.7. The van der Waals surface area contributed by atoms with E-state index in [1.807, 2.05) is 6.07 Å². The summed E-state index contributed by atoms with van der Waals surface area (Å²) in [5.41, 5.74) is 0.104. The molecule has 0 unspecified atom stereocenters. The Balaban J connectivity index is 1.90. The van der Waals surface area contributed by atoms with Gasteiger partial charge in [-0.25, -0.2) is 4.39 Å². The first-order valence-electron chi connectivity index (χ1n) is 7.43. The van der Waals surface area contributed by atoms with E-state index in [9.17, 15) is 9.18 Å². The van der Waals surface area contributed by atoms with Gasteiger partial charge in [-0.1, -0.05) is 28.8 Å². The summed E-state index contributed by atoms with van der Waals surface area (Å²) in [4.78, 5) is 14.6. The maximum atomic E-state index is 14.1. The van der Waals surface area contributed by atoms with Crippen molar-refractivity contribution < 1.29 is 13.6 Å². The van der Waals surface area contributed by atoms with Crippen molar-refractivity contribution in [2.75, 3.05) is 0 Å². The van der Waals surface area contributed by atoms with Crippen molar-refractivity contribution >= 4 is 21.8 Å².